The Morgan fingerprint density at radius 1 is 1.18 bits per heavy atom. The number of likely N-dealkylation sites (N-methyl/N-ethyl adjacent to an activating group) is 1. The Labute approximate surface area is 194 Å². The topological polar surface area (TPSA) is 114 Å². The van der Waals surface area contributed by atoms with Crippen molar-refractivity contribution in [3.63, 3.8) is 0 Å². The fraction of sp³-hybridized carbons (Fsp3) is 0.320. The minimum Gasteiger partial charge on any atom is -0.472 e. The average molecular weight is 451 g/mol. The molecule has 1 aromatic heterocycles. The maximum atomic E-state index is 12.7. The van der Waals surface area contributed by atoms with Crippen molar-refractivity contribution in [1.82, 2.24) is 10.3 Å². The van der Waals surface area contributed by atoms with Crippen LogP contribution < -0.4 is 26.0 Å². The molecule has 0 unspecified atom stereocenters. The van der Waals surface area contributed by atoms with E-state index in [9.17, 15) is 9.59 Å². The number of aromatic nitrogens is 1. The molecule has 0 bridgehead atoms. The summed E-state index contributed by atoms with van der Waals surface area (Å²) in [6, 6.07) is 12.8. The lowest BCUT2D eigenvalue weighted by atomic mass is 10.1. The first-order valence-electron chi connectivity index (χ1n) is 11.3. The quantitative estimate of drug-likeness (QED) is 0.219. The molecule has 1 saturated heterocycles. The number of carbonyl (C=O) groups is 2. The number of rotatable bonds is 10. The van der Waals surface area contributed by atoms with E-state index in [1.165, 1.54) is 31.5 Å². The maximum absolute atomic E-state index is 12.7. The molecule has 0 radical (unpaired) electrons. The second-order valence-electron chi connectivity index (χ2n) is 7.79. The summed E-state index contributed by atoms with van der Waals surface area (Å²) in [4.78, 5) is 31.1. The zero-order chi connectivity index (χ0) is 23.5. The van der Waals surface area contributed by atoms with Crippen LogP contribution >= 0.6 is 0 Å². The number of piperidine rings is 1. The number of pyridine rings is 1. The van der Waals surface area contributed by atoms with Crippen molar-refractivity contribution in [1.29, 1.82) is 0 Å². The third-order valence-electron chi connectivity index (χ3n) is 5.40. The SMILES string of the molecule is C[NH2+]CCOc1cccc(C(/C=C(\C=O)NC(=O)c2ccc(N3CCCCC3)cc2)=C/N)n1. The summed E-state index contributed by atoms with van der Waals surface area (Å²) in [5.41, 5.74) is 8.48. The van der Waals surface area contributed by atoms with E-state index in [1.807, 2.05) is 24.5 Å². The third kappa shape index (κ3) is 6.92. The summed E-state index contributed by atoms with van der Waals surface area (Å²) >= 11 is 0. The van der Waals surface area contributed by atoms with Gasteiger partial charge in [0.2, 0.25) is 5.88 Å². The zero-order valence-electron chi connectivity index (χ0n) is 19.0. The zero-order valence-corrected chi connectivity index (χ0v) is 19.0. The molecule has 2 aromatic rings. The Morgan fingerprint density at radius 3 is 2.61 bits per heavy atom. The molecule has 5 N–H and O–H groups in total. The highest BCUT2D eigenvalue weighted by molar-refractivity contribution is 5.99. The lowest BCUT2D eigenvalue weighted by molar-refractivity contribution is -0.627. The fourth-order valence-corrected chi connectivity index (χ4v) is 3.59. The number of carbonyl (C=O) groups excluding carboxylic acids is 2. The predicted octanol–water partition coefficient (Wildman–Crippen LogP) is 1.46. The van der Waals surface area contributed by atoms with Crippen molar-refractivity contribution in [2.24, 2.45) is 5.73 Å². The number of hydrogen-bond donors (Lipinski definition) is 3. The van der Waals surface area contributed by atoms with E-state index < -0.39 is 0 Å². The van der Waals surface area contributed by atoms with Crippen molar-refractivity contribution in [3.05, 3.63) is 71.7 Å². The average Bonchev–Trinajstić information content (AvgIpc) is 2.87. The Balaban J connectivity index is 1.68. The van der Waals surface area contributed by atoms with E-state index in [4.69, 9.17) is 10.5 Å². The summed E-state index contributed by atoms with van der Waals surface area (Å²) in [6.45, 7) is 3.41. The molecule has 0 spiro atoms. The van der Waals surface area contributed by atoms with Crippen LogP contribution in [0.25, 0.3) is 5.57 Å². The molecule has 3 rings (SSSR count). The number of ether oxygens (including phenoxy) is 1. The minimum atomic E-state index is -0.365. The van der Waals surface area contributed by atoms with Crippen LogP contribution in [0, 0.1) is 0 Å². The van der Waals surface area contributed by atoms with E-state index in [0.717, 1.165) is 25.3 Å². The van der Waals surface area contributed by atoms with Crippen LogP contribution in [0.1, 0.15) is 35.3 Å². The van der Waals surface area contributed by atoms with E-state index >= 15 is 0 Å². The molecular formula is C25H32N5O3+. The highest BCUT2D eigenvalue weighted by Gasteiger charge is 2.13. The molecule has 1 aliphatic heterocycles. The second-order valence-corrected chi connectivity index (χ2v) is 7.79. The first-order valence-corrected chi connectivity index (χ1v) is 11.3. The van der Waals surface area contributed by atoms with Gasteiger partial charge in [-0.1, -0.05) is 6.07 Å². The Morgan fingerprint density at radius 2 is 1.94 bits per heavy atom. The number of anilines is 1. The second kappa shape index (κ2) is 12.4. The molecule has 2 heterocycles. The number of nitrogens with two attached hydrogens (primary N) is 2. The van der Waals surface area contributed by atoms with Gasteiger partial charge in [0.25, 0.3) is 5.91 Å². The number of quaternary nitrogens is 1. The Hall–Kier alpha value is -3.65. The van der Waals surface area contributed by atoms with Crippen LogP contribution in [0.15, 0.2) is 60.4 Å². The van der Waals surface area contributed by atoms with E-state index in [0.29, 0.717) is 35.6 Å². The van der Waals surface area contributed by atoms with Gasteiger partial charge in [-0.05, 0) is 55.7 Å². The number of nitrogens with one attached hydrogen (secondary N) is 1. The number of nitrogens with zero attached hydrogens (tertiary/aromatic N) is 2. The molecule has 1 amide bonds. The molecule has 174 valence electrons. The number of hydrogen-bond acceptors (Lipinski definition) is 6. The molecular weight excluding hydrogens is 418 g/mol. The number of allylic oxidation sites excluding steroid dienone is 3. The standard InChI is InChI=1S/C25H31N5O3/c1-27-12-15-33-24-7-5-6-23(29-24)20(17-26)16-21(18-31)28-25(32)19-8-10-22(11-9-19)30-13-3-2-4-14-30/h5-11,16-18,27H,2-4,12-15,26H2,1H3,(H,28,32)/p+1/b20-17+,21-16+. The van der Waals surface area contributed by atoms with Crippen LogP contribution in [-0.4, -0.2) is 50.5 Å². The number of amides is 1. The van der Waals surface area contributed by atoms with Gasteiger partial charge in [0.1, 0.15) is 13.2 Å². The van der Waals surface area contributed by atoms with Crippen LogP contribution in [-0.2, 0) is 4.79 Å². The van der Waals surface area contributed by atoms with Crippen molar-refractivity contribution >= 4 is 23.5 Å². The monoisotopic (exact) mass is 450 g/mol. The smallest absolute Gasteiger partial charge is 0.255 e. The molecule has 8 heteroatoms. The van der Waals surface area contributed by atoms with Crippen LogP contribution in [0.4, 0.5) is 5.69 Å². The highest BCUT2D eigenvalue weighted by atomic mass is 16.5. The van der Waals surface area contributed by atoms with E-state index in [-0.39, 0.29) is 11.6 Å². The van der Waals surface area contributed by atoms with Gasteiger partial charge in [-0.3, -0.25) is 9.59 Å². The molecule has 1 fully saturated rings. The van der Waals surface area contributed by atoms with E-state index in [1.54, 1.807) is 30.3 Å². The molecule has 8 nitrogen and oxygen atoms in total. The molecule has 0 saturated carbocycles. The molecule has 1 aromatic carbocycles. The molecule has 1 aliphatic rings. The predicted molar refractivity (Wildman–Crippen MR) is 129 cm³/mol. The third-order valence-corrected chi connectivity index (χ3v) is 5.40. The van der Waals surface area contributed by atoms with Crippen LogP contribution in [0.3, 0.4) is 0 Å². The number of aldehydes is 1. The van der Waals surface area contributed by atoms with Gasteiger partial charge in [-0.2, -0.15) is 0 Å². The summed E-state index contributed by atoms with van der Waals surface area (Å²) < 4.78 is 5.62. The summed E-state index contributed by atoms with van der Waals surface area (Å²) in [5.74, 6) is 0.100. The maximum Gasteiger partial charge on any atom is 0.255 e. The Bertz CT molecular complexity index is 995. The van der Waals surface area contributed by atoms with Crippen molar-refractivity contribution in [2.75, 3.05) is 38.2 Å². The fourth-order valence-electron chi connectivity index (χ4n) is 3.59. The number of benzene rings is 1. The van der Waals surface area contributed by atoms with Gasteiger partial charge in [0.05, 0.1) is 18.4 Å². The van der Waals surface area contributed by atoms with Gasteiger partial charge in [-0.15, -0.1) is 0 Å². The van der Waals surface area contributed by atoms with Gasteiger partial charge < -0.3 is 26.0 Å². The van der Waals surface area contributed by atoms with Crippen molar-refractivity contribution in [2.45, 2.75) is 19.3 Å². The summed E-state index contributed by atoms with van der Waals surface area (Å²) in [5, 5.41) is 4.67. The summed E-state index contributed by atoms with van der Waals surface area (Å²) in [7, 11) is 1.96. The highest BCUT2D eigenvalue weighted by Crippen LogP contribution is 2.21. The Kier molecular flexibility index (Phi) is 9.02. The lowest BCUT2D eigenvalue weighted by Gasteiger charge is -2.28. The van der Waals surface area contributed by atoms with Gasteiger partial charge >= 0.3 is 0 Å². The largest absolute Gasteiger partial charge is 0.472 e. The lowest BCUT2D eigenvalue weighted by Crippen LogP contribution is -2.80. The van der Waals surface area contributed by atoms with Gasteiger partial charge in [0, 0.05) is 42.2 Å². The minimum absolute atomic E-state index is 0.0884. The summed E-state index contributed by atoms with van der Waals surface area (Å²) in [6.07, 6.45) is 7.07. The molecule has 0 atom stereocenters. The first kappa shape index (κ1) is 24.0. The van der Waals surface area contributed by atoms with Gasteiger partial charge in [-0.25, -0.2) is 4.98 Å². The van der Waals surface area contributed by atoms with Crippen LogP contribution in [0.2, 0.25) is 0 Å². The van der Waals surface area contributed by atoms with Crippen molar-refractivity contribution in [3.8, 4) is 5.88 Å². The molecule has 33 heavy (non-hydrogen) atoms. The van der Waals surface area contributed by atoms with Gasteiger partial charge in [0.15, 0.2) is 6.29 Å². The van der Waals surface area contributed by atoms with Crippen LogP contribution in [0.5, 0.6) is 5.88 Å². The normalized spacial score (nSPS) is 14.6. The van der Waals surface area contributed by atoms with Crippen molar-refractivity contribution < 1.29 is 19.6 Å². The first-order chi connectivity index (χ1) is 16.1. The molecule has 0 aliphatic carbocycles. The van der Waals surface area contributed by atoms with E-state index in [2.05, 4.69) is 15.2 Å².